The second-order valence-corrected chi connectivity index (χ2v) is 5.89. The summed E-state index contributed by atoms with van der Waals surface area (Å²) in [5.41, 5.74) is 1.78. The van der Waals surface area contributed by atoms with E-state index >= 15 is 0 Å². The van der Waals surface area contributed by atoms with E-state index in [4.69, 9.17) is 4.74 Å². The van der Waals surface area contributed by atoms with Crippen LogP contribution in [0.2, 0.25) is 0 Å². The van der Waals surface area contributed by atoms with Crippen molar-refractivity contribution in [2.45, 2.75) is 32.9 Å². The minimum Gasteiger partial charge on any atom is -0.496 e. The van der Waals surface area contributed by atoms with Crippen molar-refractivity contribution < 1.29 is 27.8 Å². The van der Waals surface area contributed by atoms with Crippen LogP contribution in [0, 0.1) is 6.92 Å². The fraction of sp³-hybridized carbons (Fsp3) is 0.300. The molecule has 1 N–H and O–H groups in total. The third-order valence-electron chi connectivity index (χ3n) is 3.90. The highest BCUT2D eigenvalue weighted by atomic mass is 19.3. The monoisotopic (exact) mass is 377 g/mol. The van der Waals surface area contributed by atoms with Gasteiger partial charge in [-0.05, 0) is 25.1 Å². The maximum absolute atomic E-state index is 12.4. The Balaban J connectivity index is 1.90. The Labute approximate surface area is 156 Å². The number of hydrogen-bond acceptors (Lipinski definition) is 4. The highest BCUT2D eigenvalue weighted by molar-refractivity contribution is 6.00. The minimum absolute atomic E-state index is 0.00775. The molecule has 0 bridgehead atoms. The molecule has 7 heteroatoms. The van der Waals surface area contributed by atoms with Crippen LogP contribution in [0.25, 0.3) is 0 Å². The van der Waals surface area contributed by atoms with Crippen LogP contribution in [-0.4, -0.2) is 25.4 Å². The van der Waals surface area contributed by atoms with Gasteiger partial charge in [-0.1, -0.05) is 29.8 Å². The normalized spacial score (nSPS) is 10.6. The number of rotatable bonds is 9. The number of carbonyl (C=O) groups is 2. The predicted molar refractivity (Wildman–Crippen MR) is 96.2 cm³/mol. The zero-order valence-corrected chi connectivity index (χ0v) is 15.1. The van der Waals surface area contributed by atoms with Crippen LogP contribution in [-0.2, 0) is 11.3 Å². The third kappa shape index (κ3) is 6.06. The quantitative estimate of drug-likeness (QED) is 0.674. The molecule has 0 aliphatic heterocycles. The number of benzene rings is 2. The highest BCUT2D eigenvalue weighted by Gasteiger charge is 2.15. The first-order valence-electron chi connectivity index (χ1n) is 8.38. The van der Waals surface area contributed by atoms with Gasteiger partial charge < -0.3 is 14.8 Å². The lowest BCUT2D eigenvalue weighted by Gasteiger charge is -2.11. The molecule has 144 valence electrons. The van der Waals surface area contributed by atoms with E-state index in [1.54, 1.807) is 30.3 Å². The lowest BCUT2D eigenvalue weighted by Crippen LogP contribution is -2.23. The van der Waals surface area contributed by atoms with Crippen molar-refractivity contribution in [3.05, 3.63) is 59.2 Å². The summed E-state index contributed by atoms with van der Waals surface area (Å²) in [4.78, 5) is 24.4. The molecule has 0 fully saturated rings. The van der Waals surface area contributed by atoms with Gasteiger partial charge in [-0.3, -0.25) is 9.59 Å². The van der Waals surface area contributed by atoms with Gasteiger partial charge in [-0.15, -0.1) is 0 Å². The number of Topliss-reactive ketones (excluding diaryl/α,β-unsaturated/α-hetero) is 1. The van der Waals surface area contributed by atoms with Crippen molar-refractivity contribution in [3.8, 4) is 11.5 Å². The number of nitrogens with one attached hydrogen (secondary N) is 1. The number of hydrogen-bond donors (Lipinski definition) is 1. The molecule has 0 saturated heterocycles. The molecule has 2 aromatic rings. The molecule has 0 heterocycles. The molecule has 0 atom stereocenters. The molecule has 1 amide bonds. The lowest BCUT2D eigenvalue weighted by atomic mass is 10.0. The molecular formula is C20H21F2NO4. The van der Waals surface area contributed by atoms with Gasteiger partial charge in [0.1, 0.15) is 11.5 Å². The first kappa shape index (κ1) is 20.4. The Morgan fingerprint density at radius 3 is 2.52 bits per heavy atom. The average molecular weight is 377 g/mol. The molecule has 0 aliphatic carbocycles. The maximum Gasteiger partial charge on any atom is 0.387 e. The SMILES string of the molecule is COc1ccc(C)cc1C(=O)CCC(=O)NCc1ccccc1OC(F)F. The summed E-state index contributed by atoms with van der Waals surface area (Å²) in [7, 11) is 1.48. The van der Waals surface area contributed by atoms with E-state index in [1.807, 2.05) is 13.0 Å². The third-order valence-corrected chi connectivity index (χ3v) is 3.90. The number of aryl methyl sites for hydroxylation is 1. The van der Waals surface area contributed by atoms with Crippen LogP contribution in [0.3, 0.4) is 0 Å². The Morgan fingerprint density at radius 2 is 1.81 bits per heavy atom. The van der Waals surface area contributed by atoms with E-state index in [2.05, 4.69) is 10.1 Å². The van der Waals surface area contributed by atoms with Gasteiger partial charge in [0, 0.05) is 24.9 Å². The van der Waals surface area contributed by atoms with Gasteiger partial charge in [-0.2, -0.15) is 8.78 Å². The van der Waals surface area contributed by atoms with Crippen molar-refractivity contribution in [2.24, 2.45) is 0 Å². The van der Waals surface area contributed by atoms with E-state index in [0.717, 1.165) is 5.56 Å². The van der Waals surface area contributed by atoms with Crippen LogP contribution in [0.1, 0.15) is 34.3 Å². The molecule has 5 nitrogen and oxygen atoms in total. The highest BCUT2D eigenvalue weighted by Crippen LogP contribution is 2.22. The molecule has 0 radical (unpaired) electrons. The Morgan fingerprint density at radius 1 is 1.07 bits per heavy atom. The largest absolute Gasteiger partial charge is 0.496 e. The summed E-state index contributed by atoms with van der Waals surface area (Å²) in [6.45, 7) is -1.05. The fourth-order valence-corrected chi connectivity index (χ4v) is 2.54. The Kier molecular flexibility index (Phi) is 7.28. The first-order chi connectivity index (χ1) is 12.9. The molecule has 0 aliphatic rings. The summed E-state index contributed by atoms with van der Waals surface area (Å²) in [5, 5.41) is 2.61. The second-order valence-electron chi connectivity index (χ2n) is 5.89. The molecule has 2 rings (SSSR count). The van der Waals surface area contributed by atoms with Crippen LogP contribution in [0.4, 0.5) is 8.78 Å². The summed E-state index contributed by atoms with van der Waals surface area (Å²) >= 11 is 0. The lowest BCUT2D eigenvalue weighted by molar-refractivity contribution is -0.121. The molecular weight excluding hydrogens is 356 g/mol. The predicted octanol–water partition coefficient (Wildman–Crippen LogP) is 3.88. The van der Waals surface area contributed by atoms with Crippen molar-refractivity contribution in [2.75, 3.05) is 7.11 Å². The van der Waals surface area contributed by atoms with Gasteiger partial charge >= 0.3 is 6.61 Å². The Hall–Kier alpha value is -2.96. The number of ketones is 1. The van der Waals surface area contributed by atoms with E-state index in [-0.39, 0.29) is 36.8 Å². The summed E-state index contributed by atoms with van der Waals surface area (Å²) in [5.74, 6) is -0.0913. The molecule has 27 heavy (non-hydrogen) atoms. The smallest absolute Gasteiger partial charge is 0.387 e. The van der Waals surface area contributed by atoms with E-state index in [9.17, 15) is 18.4 Å². The van der Waals surface area contributed by atoms with Crippen LogP contribution < -0.4 is 14.8 Å². The average Bonchev–Trinajstić information content (AvgIpc) is 2.64. The number of alkyl halides is 2. The second kappa shape index (κ2) is 9.66. The van der Waals surface area contributed by atoms with Crippen molar-refractivity contribution in [1.82, 2.24) is 5.32 Å². The van der Waals surface area contributed by atoms with Gasteiger partial charge in [-0.25, -0.2) is 0 Å². The molecule has 2 aromatic carbocycles. The van der Waals surface area contributed by atoms with Crippen LogP contribution in [0.5, 0.6) is 11.5 Å². The molecule has 0 aromatic heterocycles. The van der Waals surface area contributed by atoms with Crippen molar-refractivity contribution >= 4 is 11.7 Å². The summed E-state index contributed by atoms with van der Waals surface area (Å²) in [6, 6.07) is 11.5. The molecule has 0 spiro atoms. The fourth-order valence-electron chi connectivity index (χ4n) is 2.54. The van der Waals surface area contributed by atoms with Crippen molar-refractivity contribution in [3.63, 3.8) is 0 Å². The van der Waals surface area contributed by atoms with Crippen molar-refractivity contribution in [1.29, 1.82) is 0 Å². The number of amides is 1. The standard InChI is InChI=1S/C20H21F2NO4/c1-13-7-9-18(26-2)15(11-13)16(24)8-10-19(25)23-12-14-5-3-4-6-17(14)27-20(21)22/h3-7,9,11,20H,8,10,12H2,1-2H3,(H,23,25). The maximum atomic E-state index is 12.4. The number of methoxy groups -OCH3 is 1. The number of para-hydroxylation sites is 1. The zero-order chi connectivity index (χ0) is 19.8. The van der Waals surface area contributed by atoms with E-state index < -0.39 is 6.61 Å². The van der Waals surface area contributed by atoms with Crippen LogP contribution in [0.15, 0.2) is 42.5 Å². The molecule has 0 unspecified atom stereocenters. The van der Waals surface area contributed by atoms with Crippen LogP contribution >= 0.6 is 0 Å². The molecule has 0 saturated carbocycles. The van der Waals surface area contributed by atoms with Gasteiger partial charge in [0.05, 0.1) is 12.7 Å². The van der Waals surface area contributed by atoms with E-state index in [0.29, 0.717) is 16.9 Å². The minimum atomic E-state index is -2.94. The number of ether oxygens (including phenoxy) is 2. The topological polar surface area (TPSA) is 64.6 Å². The summed E-state index contributed by atoms with van der Waals surface area (Å²) in [6.07, 6.45) is -0.00533. The van der Waals surface area contributed by atoms with Gasteiger partial charge in [0.2, 0.25) is 5.91 Å². The zero-order valence-electron chi connectivity index (χ0n) is 15.1. The van der Waals surface area contributed by atoms with Gasteiger partial charge in [0.15, 0.2) is 5.78 Å². The first-order valence-corrected chi connectivity index (χ1v) is 8.38. The summed E-state index contributed by atoms with van der Waals surface area (Å²) < 4.78 is 34.4. The number of halogens is 2. The van der Waals surface area contributed by atoms with E-state index in [1.165, 1.54) is 13.2 Å². The number of carbonyl (C=O) groups excluding carboxylic acids is 2. The van der Waals surface area contributed by atoms with Gasteiger partial charge in [0.25, 0.3) is 0 Å². The Bertz CT molecular complexity index is 808.